The number of aromatic nitrogens is 1. The number of aliphatic hydroxyl groups is 1. The van der Waals surface area contributed by atoms with Crippen LogP contribution >= 0.6 is 0 Å². The van der Waals surface area contributed by atoms with Crippen LogP contribution in [0.1, 0.15) is 31.9 Å². The van der Waals surface area contributed by atoms with Gasteiger partial charge in [-0.05, 0) is 25.3 Å². The first-order valence-corrected chi connectivity index (χ1v) is 6.09. The van der Waals surface area contributed by atoms with E-state index in [2.05, 4.69) is 11.9 Å². The maximum Gasteiger partial charge on any atom is 0.137 e. The van der Waals surface area contributed by atoms with E-state index in [1.165, 1.54) is 0 Å². The van der Waals surface area contributed by atoms with Crippen molar-refractivity contribution in [2.75, 3.05) is 13.2 Å². The highest BCUT2D eigenvalue weighted by molar-refractivity contribution is 5.26. The Labute approximate surface area is 102 Å². The van der Waals surface area contributed by atoms with Gasteiger partial charge in [0, 0.05) is 18.4 Å². The summed E-state index contributed by atoms with van der Waals surface area (Å²) in [4.78, 5) is 4.08. The van der Waals surface area contributed by atoms with Crippen LogP contribution in [0.15, 0.2) is 18.5 Å². The lowest BCUT2D eigenvalue weighted by atomic mass is 9.95. The molecule has 3 unspecified atom stereocenters. The largest absolute Gasteiger partial charge is 0.492 e. The standard InChI is InChI=1S/C13H19NO3/c1-3-16-11-6-10(7-14-8-11)12(15)13-9(2)4-5-17-13/h6-9,12-13,15H,3-5H2,1-2H3. The molecule has 1 fully saturated rings. The number of hydrogen-bond donors (Lipinski definition) is 1. The molecule has 2 rings (SSSR count). The first-order valence-electron chi connectivity index (χ1n) is 6.09. The van der Waals surface area contributed by atoms with Gasteiger partial charge in [0.25, 0.3) is 0 Å². The fourth-order valence-electron chi connectivity index (χ4n) is 2.15. The zero-order valence-corrected chi connectivity index (χ0v) is 10.3. The lowest BCUT2D eigenvalue weighted by molar-refractivity contribution is -0.0180. The summed E-state index contributed by atoms with van der Waals surface area (Å²) >= 11 is 0. The van der Waals surface area contributed by atoms with Gasteiger partial charge in [-0.2, -0.15) is 0 Å². The van der Waals surface area contributed by atoms with Crippen molar-refractivity contribution < 1.29 is 14.6 Å². The fourth-order valence-corrected chi connectivity index (χ4v) is 2.15. The molecular formula is C13H19NO3. The smallest absolute Gasteiger partial charge is 0.137 e. The molecule has 17 heavy (non-hydrogen) atoms. The zero-order chi connectivity index (χ0) is 12.3. The van der Waals surface area contributed by atoms with Crippen LogP contribution in [0.25, 0.3) is 0 Å². The minimum atomic E-state index is -0.625. The van der Waals surface area contributed by atoms with E-state index < -0.39 is 6.10 Å². The molecule has 1 aliphatic heterocycles. The van der Waals surface area contributed by atoms with Crippen LogP contribution in [0.2, 0.25) is 0 Å². The molecule has 0 spiro atoms. The average Bonchev–Trinajstić information content (AvgIpc) is 2.75. The first kappa shape index (κ1) is 12.3. The molecule has 1 aliphatic rings. The van der Waals surface area contributed by atoms with Gasteiger partial charge in [-0.3, -0.25) is 4.98 Å². The highest BCUT2D eigenvalue weighted by atomic mass is 16.5. The van der Waals surface area contributed by atoms with Gasteiger partial charge >= 0.3 is 0 Å². The lowest BCUT2D eigenvalue weighted by Crippen LogP contribution is -2.23. The minimum absolute atomic E-state index is 0.131. The van der Waals surface area contributed by atoms with Crippen molar-refractivity contribution in [2.45, 2.75) is 32.5 Å². The number of nitrogens with zero attached hydrogens (tertiary/aromatic N) is 1. The molecule has 0 bridgehead atoms. The number of ether oxygens (including phenoxy) is 2. The molecular weight excluding hydrogens is 218 g/mol. The molecule has 1 N–H and O–H groups in total. The molecule has 0 radical (unpaired) electrons. The molecule has 4 heteroatoms. The molecule has 3 atom stereocenters. The second kappa shape index (κ2) is 5.47. The van der Waals surface area contributed by atoms with E-state index in [0.29, 0.717) is 18.3 Å². The monoisotopic (exact) mass is 237 g/mol. The molecule has 0 saturated carbocycles. The van der Waals surface area contributed by atoms with Crippen molar-refractivity contribution in [1.29, 1.82) is 0 Å². The molecule has 94 valence electrons. The van der Waals surface area contributed by atoms with Crippen LogP contribution in [0, 0.1) is 5.92 Å². The van der Waals surface area contributed by atoms with Gasteiger partial charge in [-0.1, -0.05) is 6.92 Å². The Morgan fingerprint density at radius 3 is 3.06 bits per heavy atom. The average molecular weight is 237 g/mol. The van der Waals surface area contributed by atoms with Crippen molar-refractivity contribution >= 4 is 0 Å². The number of hydrogen-bond acceptors (Lipinski definition) is 4. The van der Waals surface area contributed by atoms with Gasteiger partial charge in [-0.15, -0.1) is 0 Å². The quantitative estimate of drug-likeness (QED) is 0.869. The van der Waals surface area contributed by atoms with Crippen LogP contribution in [-0.2, 0) is 4.74 Å². The van der Waals surface area contributed by atoms with Gasteiger partial charge in [0.15, 0.2) is 0 Å². The van der Waals surface area contributed by atoms with E-state index >= 15 is 0 Å². The third-order valence-corrected chi connectivity index (χ3v) is 3.14. The molecule has 0 aromatic carbocycles. The second-order valence-corrected chi connectivity index (χ2v) is 4.43. The highest BCUT2D eigenvalue weighted by Crippen LogP contribution is 2.31. The normalized spacial score (nSPS) is 25.8. The van der Waals surface area contributed by atoms with Crippen molar-refractivity contribution in [1.82, 2.24) is 4.98 Å². The van der Waals surface area contributed by atoms with Crippen LogP contribution < -0.4 is 4.74 Å². The van der Waals surface area contributed by atoms with Crippen LogP contribution in [0.5, 0.6) is 5.75 Å². The Bertz CT molecular complexity index is 369. The van der Waals surface area contributed by atoms with E-state index in [9.17, 15) is 5.11 Å². The topological polar surface area (TPSA) is 51.6 Å². The molecule has 0 amide bonds. The van der Waals surface area contributed by atoms with E-state index in [1.807, 2.05) is 13.0 Å². The van der Waals surface area contributed by atoms with Crippen LogP contribution in [0.3, 0.4) is 0 Å². The van der Waals surface area contributed by atoms with Gasteiger partial charge in [0.1, 0.15) is 11.9 Å². The lowest BCUT2D eigenvalue weighted by Gasteiger charge is -2.21. The third kappa shape index (κ3) is 2.76. The SMILES string of the molecule is CCOc1cncc(C(O)C2OCCC2C)c1. The molecule has 1 aromatic heterocycles. The van der Waals surface area contributed by atoms with Crippen molar-refractivity contribution in [3.8, 4) is 5.75 Å². The summed E-state index contributed by atoms with van der Waals surface area (Å²) in [5.41, 5.74) is 0.759. The summed E-state index contributed by atoms with van der Waals surface area (Å²) in [6, 6.07) is 1.83. The molecule has 2 heterocycles. The Balaban J connectivity index is 2.12. The van der Waals surface area contributed by atoms with Gasteiger partial charge in [-0.25, -0.2) is 0 Å². The van der Waals surface area contributed by atoms with Gasteiger partial charge < -0.3 is 14.6 Å². The van der Waals surface area contributed by atoms with Crippen LogP contribution in [0.4, 0.5) is 0 Å². The number of pyridine rings is 1. The third-order valence-electron chi connectivity index (χ3n) is 3.14. The van der Waals surface area contributed by atoms with Crippen molar-refractivity contribution in [3.05, 3.63) is 24.0 Å². The van der Waals surface area contributed by atoms with E-state index in [1.54, 1.807) is 12.4 Å². The van der Waals surface area contributed by atoms with E-state index in [-0.39, 0.29) is 6.10 Å². The molecule has 1 aromatic rings. The summed E-state index contributed by atoms with van der Waals surface area (Å²) in [6.45, 7) is 5.34. The minimum Gasteiger partial charge on any atom is -0.492 e. The van der Waals surface area contributed by atoms with E-state index in [4.69, 9.17) is 9.47 Å². The fraction of sp³-hybridized carbons (Fsp3) is 0.615. The summed E-state index contributed by atoms with van der Waals surface area (Å²) in [5.74, 6) is 1.07. The Morgan fingerprint density at radius 2 is 2.41 bits per heavy atom. The summed E-state index contributed by atoms with van der Waals surface area (Å²) < 4.78 is 10.9. The summed E-state index contributed by atoms with van der Waals surface area (Å²) in [5, 5.41) is 10.3. The van der Waals surface area contributed by atoms with Crippen molar-refractivity contribution in [3.63, 3.8) is 0 Å². The molecule has 0 aliphatic carbocycles. The van der Waals surface area contributed by atoms with E-state index in [0.717, 1.165) is 18.6 Å². The maximum atomic E-state index is 10.3. The van der Waals surface area contributed by atoms with Gasteiger partial charge in [0.05, 0.1) is 18.9 Å². The second-order valence-electron chi connectivity index (χ2n) is 4.43. The summed E-state index contributed by atoms with van der Waals surface area (Å²) in [6.07, 6.45) is 3.56. The number of rotatable bonds is 4. The van der Waals surface area contributed by atoms with Crippen LogP contribution in [-0.4, -0.2) is 29.4 Å². The molecule has 4 nitrogen and oxygen atoms in total. The maximum absolute atomic E-state index is 10.3. The summed E-state index contributed by atoms with van der Waals surface area (Å²) in [7, 11) is 0. The van der Waals surface area contributed by atoms with Crippen molar-refractivity contribution in [2.24, 2.45) is 5.92 Å². The Hall–Kier alpha value is -1.13. The zero-order valence-electron chi connectivity index (χ0n) is 10.3. The first-order chi connectivity index (χ1) is 8.22. The predicted octanol–water partition coefficient (Wildman–Crippen LogP) is 1.94. The van der Waals surface area contributed by atoms with Gasteiger partial charge in [0.2, 0.25) is 0 Å². The highest BCUT2D eigenvalue weighted by Gasteiger charge is 2.32. The predicted molar refractivity (Wildman–Crippen MR) is 63.9 cm³/mol. The molecule has 1 saturated heterocycles. The Kier molecular flexibility index (Phi) is 3.97. The number of aliphatic hydroxyl groups excluding tert-OH is 1. The Morgan fingerprint density at radius 1 is 1.59 bits per heavy atom.